The van der Waals surface area contributed by atoms with Crippen LogP contribution in [0.3, 0.4) is 0 Å². The molecule has 7 heteroatoms. The quantitative estimate of drug-likeness (QED) is 0.392. The number of nitriles is 2. The minimum Gasteiger partial charge on any atom is -0.497 e. The van der Waals surface area contributed by atoms with Gasteiger partial charge in [-0.1, -0.05) is 0 Å². The number of allylic oxidation sites excluding steroid dienone is 1. The summed E-state index contributed by atoms with van der Waals surface area (Å²) in [4.78, 5) is 9.17. The lowest BCUT2D eigenvalue weighted by Crippen LogP contribution is -2.02. The second-order valence-electron chi connectivity index (χ2n) is 8.30. The molecule has 0 amide bonds. The lowest BCUT2D eigenvalue weighted by molar-refractivity contribution is 0.415. The summed E-state index contributed by atoms with van der Waals surface area (Å²) in [7, 11) is 1.62. The van der Waals surface area contributed by atoms with Gasteiger partial charge in [0.1, 0.15) is 28.7 Å². The second kappa shape index (κ2) is 8.27. The predicted octanol–water partition coefficient (Wildman–Crippen LogP) is 5.86. The van der Waals surface area contributed by atoms with Crippen molar-refractivity contribution in [1.82, 2.24) is 14.5 Å². The van der Waals surface area contributed by atoms with Gasteiger partial charge in [0, 0.05) is 22.3 Å². The molecule has 0 unspecified atom stereocenters. The van der Waals surface area contributed by atoms with Crippen LogP contribution >= 0.6 is 11.3 Å². The van der Waals surface area contributed by atoms with E-state index in [0.717, 1.165) is 63.6 Å². The third kappa shape index (κ3) is 3.51. The minimum atomic E-state index is 0.455. The molecule has 6 nitrogen and oxygen atoms in total. The van der Waals surface area contributed by atoms with Crippen molar-refractivity contribution in [3.63, 3.8) is 0 Å². The molecule has 1 aliphatic carbocycles. The molecule has 0 atom stereocenters. The molecular formula is C26H23N5OS. The highest BCUT2D eigenvalue weighted by molar-refractivity contribution is 7.15. The van der Waals surface area contributed by atoms with Gasteiger partial charge in [-0.15, -0.1) is 11.3 Å². The van der Waals surface area contributed by atoms with Gasteiger partial charge in [-0.25, -0.2) is 4.98 Å². The van der Waals surface area contributed by atoms with Crippen LogP contribution in [-0.2, 0) is 12.8 Å². The molecule has 1 aliphatic rings. The number of nitrogens with zero attached hydrogens (tertiary/aromatic N) is 4. The van der Waals surface area contributed by atoms with E-state index in [-0.39, 0.29) is 0 Å². The predicted molar refractivity (Wildman–Crippen MR) is 131 cm³/mol. The van der Waals surface area contributed by atoms with Crippen LogP contribution in [0.5, 0.6) is 5.75 Å². The topological polar surface area (TPSA) is 90.4 Å². The maximum Gasteiger partial charge on any atom is 0.149 e. The average molecular weight is 454 g/mol. The fourth-order valence-electron chi connectivity index (χ4n) is 4.62. The van der Waals surface area contributed by atoms with E-state index in [1.807, 2.05) is 38.1 Å². The fourth-order valence-corrected chi connectivity index (χ4v) is 6.07. The first-order valence-corrected chi connectivity index (χ1v) is 11.8. The molecule has 3 aromatic heterocycles. The number of aryl methyl sites for hydroxylation is 2. The number of nitrogens with one attached hydrogen (secondary N) is 1. The molecule has 1 aromatic carbocycles. The van der Waals surface area contributed by atoms with E-state index in [0.29, 0.717) is 11.4 Å². The number of fused-ring (bicyclic) bond motifs is 2. The number of thiophene rings is 1. The number of hydrogen-bond acceptors (Lipinski definition) is 5. The Labute approximate surface area is 196 Å². The third-order valence-corrected chi connectivity index (χ3v) is 7.58. The van der Waals surface area contributed by atoms with Gasteiger partial charge in [-0.3, -0.25) is 0 Å². The number of benzene rings is 1. The maximum atomic E-state index is 9.92. The van der Waals surface area contributed by atoms with Crippen LogP contribution in [0, 0.1) is 36.5 Å². The molecule has 0 bridgehead atoms. The highest BCUT2D eigenvalue weighted by Gasteiger charge is 2.24. The molecule has 5 rings (SSSR count). The molecule has 33 heavy (non-hydrogen) atoms. The summed E-state index contributed by atoms with van der Waals surface area (Å²) in [6.07, 6.45) is 6.23. The van der Waals surface area contributed by atoms with E-state index in [1.54, 1.807) is 18.4 Å². The standard InChI is InChI=1S/C26H23N5OS/c1-15-10-17(11-18(13-27)25-29-22-9-8-19(32-3)12-23(22)30-25)16(2)31(15)26-21(14-28)20-6-4-5-7-24(20)33-26/h8-12H,4-7H2,1-3H3,(H,29,30)/b18-11+. The van der Waals surface area contributed by atoms with E-state index in [1.165, 1.54) is 16.9 Å². The summed E-state index contributed by atoms with van der Waals surface area (Å²) in [6.45, 7) is 4.08. The van der Waals surface area contributed by atoms with Gasteiger partial charge < -0.3 is 14.3 Å². The normalized spacial score (nSPS) is 13.5. The van der Waals surface area contributed by atoms with Crippen molar-refractivity contribution in [1.29, 1.82) is 10.5 Å². The van der Waals surface area contributed by atoms with Crippen molar-refractivity contribution in [2.75, 3.05) is 7.11 Å². The smallest absolute Gasteiger partial charge is 0.149 e. The first-order valence-electron chi connectivity index (χ1n) is 10.9. The Morgan fingerprint density at radius 3 is 2.79 bits per heavy atom. The first kappa shape index (κ1) is 21.1. The molecule has 4 aromatic rings. The summed E-state index contributed by atoms with van der Waals surface area (Å²) in [5, 5.41) is 20.8. The number of methoxy groups -OCH3 is 1. The fraction of sp³-hybridized carbons (Fsp3) is 0.269. The second-order valence-corrected chi connectivity index (χ2v) is 9.39. The molecule has 0 spiro atoms. The van der Waals surface area contributed by atoms with Crippen molar-refractivity contribution in [3.05, 3.63) is 63.0 Å². The van der Waals surface area contributed by atoms with Crippen molar-refractivity contribution in [2.24, 2.45) is 0 Å². The van der Waals surface area contributed by atoms with Crippen LogP contribution in [0.15, 0.2) is 24.3 Å². The molecule has 1 N–H and O–H groups in total. The number of H-pyrrole nitrogens is 1. The lowest BCUT2D eigenvalue weighted by atomic mass is 9.96. The van der Waals surface area contributed by atoms with Crippen LogP contribution in [0.25, 0.3) is 27.7 Å². The third-order valence-electron chi connectivity index (χ3n) is 6.30. The minimum absolute atomic E-state index is 0.455. The molecule has 164 valence electrons. The zero-order valence-corrected chi connectivity index (χ0v) is 19.6. The van der Waals surface area contributed by atoms with Crippen LogP contribution in [0.4, 0.5) is 0 Å². The van der Waals surface area contributed by atoms with Gasteiger partial charge >= 0.3 is 0 Å². The summed E-state index contributed by atoms with van der Waals surface area (Å²) in [6, 6.07) is 12.4. The summed E-state index contributed by atoms with van der Waals surface area (Å²) >= 11 is 1.73. The Balaban J connectivity index is 1.59. The van der Waals surface area contributed by atoms with Gasteiger partial charge in [0.15, 0.2) is 0 Å². The number of aromatic amines is 1. The molecule has 0 fully saturated rings. The van der Waals surface area contributed by atoms with Crippen LogP contribution in [0.2, 0.25) is 0 Å². The molecular weight excluding hydrogens is 430 g/mol. The largest absolute Gasteiger partial charge is 0.497 e. The van der Waals surface area contributed by atoms with Crippen molar-refractivity contribution in [2.45, 2.75) is 39.5 Å². The number of hydrogen-bond donors (Lipinski definition) is 1. The van der Waals surface area contributed by atoms with E-state index < -0.39 is 0 Å². The Hall–Kier alpha value is -3.81. The van der Waals surface area contributed by atoms with E-state index in [9.17, 15) is 10.5 Å². The van der Waals surface area contributed by atoms with Gasteiger partial charge in [-0.2, -0.15) is 10.5 Å². The lowest BCUT2D eigenvalue weighted by Gasteiger charge is -2.10. The summed E-state index contributed by atoms with van der Waals surface area (Å²) in [5.41, 5.74) is 7.07. The highest BCUT2D eigenvalue weighted by Crippen LogP contribution is 2.38. The number of imidazole rings is 1. The van der Waals surface area contributed by atoms with Gasteiger partial charge in [0.2, 0.25) is 0 Å². The molecule has 0 radical (unpaired) electrons. The van der Waals surface area contributed by atoms with Gasteiger partial charge in [-0.05, 0) is 74.9 Å². The Bertz CT molecular complexity index is 1500. The van der Waals surface area contributed by atoms with Crippen LogP contribution in [0.1, 0.15) is 51.6 Å². The van der Waals surface area contributed by atoms with Crippen LogP contribution in [-0.4, -0.2) is 21.6 Å². The average Bonchev–Trinajstić information content (AvgIpc) is 3.49. The van der Waals surface area contributed by atoms with Crippen LogP contribution < -0.4 is 4.74 Å². The Morgan fingerprint density at radius 2 is 2.03 bits per heavy atom. The van der Waals surface area contributed by atoms with E-state index in [4.69, 9.17) is 4.74 Å². The zero-order valence-electron chi connectivity index (χ0n) is 18.8. The van der Waals surface area contributed by atoms with Gasteiger partial charge in [0.05, 0.1) is 29.3 Å². The molecule has 3 heterocycles. The zero-order chi connectivity index (χ0) is 23.1. The van der Waals surface area contributed by atoms with E-state index in [2.05, 4.69) is 32.7 Å². The molecule has 0 saturated heterocycles. The number of ether oxygens (including phenoxy) is 1. The van der Waals surface area contributed by atoms with Crippen molar-refractivity contribution in [3.8, 4) is 22.9 Å². The van der Waals surface area contributed by atoms with Crippen molar-refractivity contribution < 1.29 is 4.74 Å². The molecule has 0 aliphatic heterocycles. The SMILES string of the molecule is COc1ccc2nc(/C(C#N)=C/c3cc(C)n(-c4sc5c(c4C#N)CCCC5)c3C)[nH]c2c1. The maximum absolute atomic E-state index is 9.92. The highest BCUT2D eigenvalue weighted by atomic mass is 32.1. The Morgan fingerprint density at radius 1 is 1.21 bits per heavy atom. The summed E-state index contributed by atoms with van der Waals surface area (Å²) < 4.78 is 7.44. The monoisotopic (exact) mass is 453 g/mol. The number of rotatable bonds is 4. The van der Waals surface area contributed by atoms with E-state index >= 15 is 0 Å². The molecule has 0 saturated carbocycles. The van der Waals surface area contributed by atoms with Crippen molar-refractivity contribution >= 4 is 34.0 Å². The summed E-state index contributed by atoms with van der Waals surface area (Å²) in [5.74, 6) is 1.26. The first-order chi connectivity index (χ1) is 16.0. The van der Waals surface area contributed by atoms with Gasteiger partial charge in [0.25, 0.3) is 0 Å². The Kier molecular flexibility index (Phi) is 5.28. The number of aromatic nitrogens is 3.